The predicted octanol–water partition coefficient (Wildman–Crippen LogP) is 2.78. The number of unbranched alkanes of at least 4 members (excludes halogenated alkanes) is 5. The number of nitrogens with one attached hydrogen (secondary N) is 7. The predicted molar refractivity (Wildman–Crippen MR) is 474 cm³/mol. The highest BCUT2D eigenvalue weighted by molar-refractivity contribution is 6.32. The highest BCUT2D eigenvalue weighted by Gasteiger charge is 2.52. The molecule has 15 rings (SSSR count). The third kappa shape index (κ3) is 22.8. The molecule has 3 fully saturated rings. The first-order chi connectivity index (χ1) is 64.8. The molecule has 27 N–H and O–H groups in total. The number of phenolic OH excluding ortho intramolecular Hbond substituents is 4. The topological polar surface area (TPSA) is 680 Å². The number of aliphatic hydroxyl groups excluding tert-OH is 11. The molecule has 1 aliphatic carbocycles. The summed E-state index contributed by atoms with van der Waals surface area (Å²) in [5, 5.41) is 197. The number of Topliss-reactive ketones (excluding diaryl/α,β-unsaturated/α-hetero) is 1. The van der Waals surface area contributed by atoms with Crippen LogP contribution in [0.25, 0.3) is 11.1 Å². The van der Waals surface area contributed by atoms with Gasteiger partial charge >= 0.3 is 5.97 Å². The Labute approximate surface area is 786 Å². The molecule has 7 aliphatic heterocycles. The second kappa shape index (κ2) is 44.4. The Morgan fingerprint density at radius 3 is 1.71 bits per heavy atom. The third-order valence-electron chi connectivity index (χ3n) is 24.4. The number of carboxylic acids is 1. The minimum atomic E-state index is -2.56. The molecule has 7 aromatic carbocycles. The number of halogens is 2. The fourth-order valence-electron chi connectivity index (χ4n) is 17.0. The van der Waals surface area contributed by atoms with Gasteiger partial charge in [-0.3, -0.25) is 38.4 Å². The number of hydrogen-bond acceptors (Lipinski definition) is 35. The van der Waals surface area contributed by atoms with Crippen molar-refractivity contribution in [3.05, 3.63) is 164 Å². The molecule has 42 nitrogen and oxygen atoms in total. The van der Waals surface area contributed by atoms with E-state index >= 15 is 24.0 Å². The molecule has 44 heteroatoms. The van der Waals surface area contributed by atoms with Crippen molar-refractivity contribution in [2.45, 2.75) is 226 Å². The summed E-state index contributed by atoms with van der Waals surface area (Å²) < 4.78 is 52.0. The minimum absolute atomic E-state index is 0.0501. The van der Waals surface area contributed by atoms with Crippen molar-refractivity contribution in [3.63, 3.8) is 0 Å². The number of carbonyl (C=O) groups excluding carboxylic acids is 7. The molecule has 24 unspecified atom stereocenters. The van der Waals surface area contributed by atoms with Gasteiger partial charge in [0.2, 0.25) is 47.5 Å². The molecular weight excluding hydrogens is 1830 g/mol. The van der Waals surface area contributed by atoms with Crippen molar-refractivity contribution < 1.29 is 163 Å². The molecule has 0 aromatic heterocycles. The van der Waals surface area contributed by atoms with Crippen molar-refractivity contribution in [2.24, 2.45) is 23.3 Å². The second-order valence-corrected chi connectivity index (χ2v) is 35.3. The maximum Gasteiger partial charge on any atom is 0.325 e. The van der Waals surface area contributed by atoms with Crippen LogP contribution in [0, 0.1) is 11.8 Å². The average molecular weight is 1940 g/mol. The Morgan fingerprint density at radius 1 is 0.537 bits per heavy atom. The number of carboxylic acid groups (broad SMARTS) is 1. The van der Waals surface area contributed by atoms with Crippen molar-refractivity contribution >= 4 is 70.4 Å². The van der Waals surface area contributed by atoms with Gasteiger partial charge < -0.3 is 168 Å². The summed E-state index contributed by atoms with van der Waals surface area (Å²) in [4.78, 5) is 129. The first-order valence-electron chi connectivity index (χ1n) is 44.0. The number of aromatic hydroxyl groups is 4. The van der Waals surface area contributed by atoms with E-state index in [0.29, 0.717) is 18.8 Å². The van der Waals surface area contributed by atoms with Crippen molar-refractivity contribution in [3.8, 4) is 80.1 Å². The number of benzene rings is 7. The van der Waals surface area contributed by atoms with Gasteiger partial charge in [0.25, 0.3) is 0 Å². The van der Waals surface area contributed by atoms with Crippen molar-refractivity contribution in [2.75, 3.05) is 26.4 Å². The molecule has 6 amide bonds. The molecule has 0 spiro atoms. The molecule has 24 atom stereocenters. The maximum atomic E-state index is 17.1. The van der Waals surface area contributed by atoms with Gasteiger partial charge in [-0.2, -0.15) is 5.48 Å². The number of nitrogens with two attached hydrogens (primary N) is 2. The van der Waals surface area contributed by atoms with Gasteiger partial charge in [-0.05, 0) is 150 Å². The van der Waals surface area contributed by atoms with E-state index in [2.05, 4.69) is 51.2 Å². The molecular formula is C92H109Cl2N9O33. The van der Waals surface area contributed by atoms with Crippen LogP contribution in [0.5, 0.6) is 69.0 Å². The Bertz CT molecular complexity index is 5550. The number of hydrogen-bond donors (Lipinski definition) is 25. The number of aliphatic carboxylic acids is 1. The Hall–Kier alpha value is -11.4. The van der Waals surface area contributed by atoms with Crippen LogP contribution in [0.3, 0.4) is 0 Å². The van der Waals surface area contributed by atoms with Gasteiger partial charge in [0, 0.05) is 42.2 Å². The SMILES string of the molecule is CCONC1C(OC2c3ccc(c(Cl)c3)Oc3cc4cc(c3OC3OC(CO)C(O)C(O)C3NC(=O)CCCCCCCCC(C)C)Oc3ccc(cc3Cl)C(O)C3NC(=O)C(N)c5ccc(O)c(c5)Oc5cc(O)cc(c5)C(NC3=O)C(=O)NC4C(=O)NC(c3ccc(O)c(-c4c(OC5CC(CO)C(O)C(O)C5O)cc(O)cc4C(N)C(=O)O)c3)C(=O)NC2C(C)=O)OC(CO)C(O)C1O. The van der Waals surface area contributed by atoms with E-state index in [1.165, 1.54) is 19.1 Å². The van der Waals surface area contributed by atoms with Gasteiger partial charge in [-0.1, -0.05) is 99.8 Å². The van der Waals surface area contributed by atoms with E-state index in [1.54, 1.807) is 0 Å². The van der Waals surface area contributed by atoms with Crippen molar-refractivity contribution in [1.29, 1.82) is 0 Å². The number of ether oxygens (including phenoxy) is 8. The maximum absolute atomic E-state index is 17.1. The van der Waals surface area contributed by atoms with Crippen molar-refractivity contribution in [1.82, 2.24) is 37.4 Å². The fourth-order valence-corrected chi connectivity index (χ4v) is 17.4. The van der Waals surface area contributed by atoms with Gasteiger partial charge in [0.1, 0.15) is 162 Å². The standard InChI is InChI=1S/C92H109Cl2N9O33/c1-5-128-103-74-81(119)79(117)63(36-106)134-92(74)135-83-42-17-21-56(52(94)26-42)131-61-29-44-28-60(84(61)136-91-73(80(118)78(116)62(35-105)133-91)97-64(112)13-11-9-7-6-8-10-12-37(2)3)130-55-20-16-41(25-51(55)93)75(113)72-89(125)101-70(43-22-46(108)31-48(23-43)129-57-27-39(14-19-54(57)111)66(95)85(121)102-72)87(123)100-71(44)88(124)99-69(86(122)98-68(83)38(4)107)40-15-18-53(110)49(24-40)65-50(67(96)90(126)127)32-47(109)33-58(65)132-59-30-45(34-104)76(114)82(120)77(59)115/h14-29,31-33,37,45,59,62-63,66-83,91-92,103-106,108-111,113-120H,5-13,30,34-36,95-96H2,1-4H3,(H,97,112)(H,98,122)(H,99,124)(H,100,123)(H,101,125)(H,102,121)(H,126,127). The molecule has 136 heavy (non-hydrogen) atoms. The summed E-state index contributed by atoms with van der Waals surface area (Å²) in [5.74, 6) is -18.8. The van der Waals surface area contributed by atoms with E-state index in [4.69, 9.17) is 77.4 Å². The van der Waals surface area contributed by atoms with Crippen LogP contribution in [0.4, 0.5) is 0 Å². The van der Waals surface area contributed by atoms with Crippen LogP contribution in [-0.4, -0.2) is 253 Å². The molecule has 8 aliphatic rings. The molecule has 13 bridgehead atoms. The summed E-state index contributed by atoms with van der Waals surface area (Å²) in [5.41, 5.74) is 11.6. The Kier molecular flexibility index (Phi) is 33.3. The number of amides is 6. The van der Waals surface area contributed by atoms with Crippen LogP contribution in [0.1, 0.15) is 167 Å². The zero-order valence-electron chi connectivity index (χ0n) is 73.6. The lowest BCUT2D eigenvalue weighted by Crippen LogP contribution is -2.65. The van der Waals surface area contributed by atoms with Crippen LogP contribution in [0.15, 0.2) is 115 Å². The van der Waals surface area contributed by atoms with Gasteiger partial charge in [0.05, 0.1) is 36.0 Å². The average Bonchev–Trinajstić information content (AvgIpc) is 0.767. The smallest absolute Gasteiger partial charge is 0.325 e. The van der Waals surface area contributed by atoms with Crippen LogP contribution in [-0.2, 0) is 57.4 Å². The lowest BCUT2D eigenvalue weighted by Gasteiger charge is -2.43. The summed E-state index contributed by atoms with van der Waals surface area (Å²) >= 11 is 14.7. The van der Waals surface area contributed by atoms with Crippen LogP contribution < -0.4 is 72.5 Å². The zero-order valence-corrected chi connectivity index (χ0v) is 75.1. The normalized spacial score (nSPS) is 28.3. The first-order valence-corrected chi connectivity index (χ1v) is 44.7. The molecule has 7 heterocycles. The number of hydroxylamine groups is 1. The number of carbonyl (C=O) groups is 8. The molecule has 2 saturated heterocycles. The quantitative estimate of drug-likeness (QED) is 0.0260. The number of aliphatic hydroxyl groups is 11. The number of ketones is 1. The van der Waals surface area contributed by atoms with Gasteiger partial charge in [-0.25, -0.2) is 0 Å². The Morgan fingerprint density at radius 2 is 1.10 bits per heavy atom. The monoisotopic (exact) mass is 1940 g/mol. The van der Waals surface area contributed by atoms with E-state index in [-0.39, 0.29) is 29.7 Å². The summed E-state index contributed by atoms with van der Waals surface area (Å²) in [6.45, 7) is 3.82. The number of fused-ring (bicyclic) bond motifs is 15. The first kappa shape index (κ1) is 102. The third-order valence-corrected chi connectivity index (χ3v) is 25.0. The fraction of sp³-hybridized carbons (Fsp3) is 0.457. The van der Waals surface area contributed by atoms with Gasteiger partial charge in [0.15, 0.2) is 35.1 Å². The lowest BCUT2D eigenvalue weighted by atomic mass is 9.81. The highest BCUT2D eigenvalue weighted by atomic mass is 35.5. The zero-order chi connectivity index (χ0) is 98.3. The van der Waals surface area contributed by atoms with Crippen LogP contribution >= 0.6 is 23.2 Å². The second-order valence-electron chi connectivity index (χ2n) is 34.5. The largest absolute Gasteiger partial charge is 0.508 e. The molecule has 0 radical (unpaired) electrons. The van der Waals surface area contributed by atoms with Gasteiger partial charge in [-0.15, -0.1) is 0 Å². The summed E-state index contributed by atoms with van der Waals surface area (Å²) in [7, 11) is 0. The van der Waals surface area contributed by atoms with Crippen LogP contribution in [0.2, 0.25) is 10.0 Å². The number of phenols is 4. The lowest BCUT2D eigenvalue weighted by molar-refractivity contribution is -0.297. The molecule has 1 saturated carbocycles. The van der Waals surface area contributed by atoms with E-state index < -0.39 is 332 Å². The molecule has 734 valence electrons. The summed E-state index contributed by atoms with van der Waals surface area (Å²) in [6, 6.07) is 0.597. The number of rotatable bonds is 27. The summed E-state index contributed by atoms with van der Waals surface area (Å²) in [6.07, 6.45) is -22.0. The molecule has 7 aromatic rings. The van der Waals surface area contributed by atoms with E-state index in [9.17, 15) is 96.1 Å². The highest BCUT2D eigenvalue weighted by Crippen LogP contribution is 2.51. The van der Waals surface area contributed by atoms with E-state index in [0.717, 1.165) is 142 Å². The Balaban J connectivity index is 1.07. The van der Waals surface area contributed by atoms with E-state index in [1.807, 2.05) is 0 Å². The minimum Gasteiger partial charge on any atom is -0.508 e.